The first-order valence-corrected chi connectivity index (χ1v) is 3.37. The summed E-state index contributed by atoms with van der Waals surface area (Å²) in [6.07, 6.45) is 1.42. The molecule has 0 fully saturated rings. The summed E-state index contributed by atoms with van der Waals surface area (Å²) in [4.78, 5) is 24.9. The average Bonchev–Trinajstić information content (AvgIpc) is 2.33. The zero-order chi connectivity index (χ0) is 9.84. The fourth-order valence-corrected chi connectivity index (χ4v) is 0.656. The first-order chi connectivity index (χ1) is 6.08. The highest BCUT2D eigenvalue weighted by molar-refractivity contribution is 6.01. The van der Waals surface area contributed by atoms with Crippen molar-refractivity contribution >= 4 is 17.9 Å². The Morgan fingerprint density at radius 2 is 2.31 bits per heavy atom. The topological polar surface area (TPSA) is 88.9 Å². The summed E-state index contributed by atoms with van der Waals surface area (Å²) in [6.45, 7) is 2.97. The zero-order valence-electron chi connectivity index (χ0n) is 6.94. The number of hydrogen-bond acceptors (Lipinski definition) is 4. The van der Waals surface area contributed by atoms with Gasteiger partial charge < -0.3 is 0 Å². The maximum atomic E-state index is 10.9. The predicted molar refractivity (Wildman–Crippen MR) is 43.5 cm³/mol. The number of hydrogen-bond donors (Lipinski definition) is 2. The van der Waals surface area contributed by atoms with E-state index in [4.69, 9.17) is 0 Å². The van der Waals surface area contributed by atoms with E-state index < -0.39 is 11.9 Å². The number of carbonyl (C=O) groups is 2. The van der Waals surface area contributed by atoms with Gasteiger partial charge in [-0.05, 0) is 0 Å². The second-order valence-corrected chi connectivity index (χ2v) is 2.24. The maximum Gasteiger partial charge on any atom is 0.328 e. The molecule has 3 amide bonds. The van der Waals surface area contributed by atoms with Crippen LogP contribution in [0.15, 0.2) is 6.33 Å². The molecule has 7 nitrogen and oxygen atoms in total. The van der Waals surface area contributed by atoms with Crippen molar-refractivity contribution in [3.05, 3.63) is 13.3 Å². The minimum Gasteiger partial charge on any atom is -0.278 e. The first kappa shape index (κ1) is 9.17. The largest absolute Gasteiger partial charge is 0.328 e. The molecule has 1 heterocycles. The van der Waals surface area contributed by atoms with Crippen LogP contribution in [0.5, 0.6) is 0 Å². The molecule has 0 aromatic carbocycles. The number of amides is 3. The minimum absolute atomic E-state index is 0.126. The standard InChI is InChI=1S/C6H8N5O2/c1-4(12)8-6(13)9-5-7-3-11(2)10-5/h3H,1H2,2H3,(H2,8,9,10,12,13). The molecule has 0 bridgehead atoms. The summed E-state index contributed by atoms with van der Waals surface area (Å²) in [5.74, 6) is -0.560. The highest BCUT2D eigenvalue weighted by atomic mass is 16.2. The van der Waals surface area contributed by atoms with E-state index in [1.165, 1.54) is 11.0 Å². The van der Waals surface area contributed by atoms with E-state index in [-0.39, 0.29) is 5.95 Å². The molecular formula is C6H8N5O2. The van der Waals surface area contributed by atoms with Crippen LogP contribution in [-0.2, 0) is 11.8 Å². The molecular weight excluding hydrogens is 174 g/mol. The van der Waals surface area contributed by atoms with Gasteiger partial charge in [-0.1, -0.05) is 0 Å². The molecule has 0 spiro atoms. The second kappa shape index (κ2) is 3.65. The van der Waals surface area contributed by atoms with Crippen molar-refractivity contribution in [2.45, 2.75) is 0 Å². The van der Waals surface area contributed by atoms with Crippen molar-refractivity contribution in [3.63, 3.8) is 0 Å². The van der Waals surface area contributed by atoms with E-state index in [1.807, 2.05) is 5.32 Å². The fourth-order valence-electron chi connectivity index (χ4n) is 0.656. The minimum atomic E-state index is -0.703. The quantitative estimate of drug-likeness (QED) is 0.600. The van der Waals surface area contributed by atoms with Crippen LogP contribution in [0.1, 0.15) is 0 Å². The van der Waals surface area contributed by atoms with Crippen LogP contribution in [0.3, 0.4) is 0 Å². The first-order valence-electron chi connectivity index (χ1n) is 3.37. The van der Waals surface area contributed by atoms with Crippen LogP contribution in [0.2, 0.25) is 0 Å². The Balaban J connectivity index is 2.50. The summed E-state index contributed by atoms with van der Waals surface area (Å²) >= 11 is 0. The van der Waals surface area contributed by atoms with Gasteiger partial charge in [-0.15, -0.1) is 5.10 Å². The molecule has 1 rings (SSSR count). The number of rotatable bonds is 1. The molecule has 0 saturated carbocycles. The summed E-state index contributed by atoms with van der Waals surface area (Å²) in [5.41, 5.74) is 0. The SMILES string of the molecule is [CH2]C(=O)NC(=O)Nc1ncn(C)n1. The molecule has 2 N–H and O–H groups in total. The van der Waals surface area contributed by atoms with Gasteiger partial charge in [-0.25, -0.2) is 9.78 Å². The van der Waals surface area contributed by atoms with E-state index >= 15 is 0 Å². The predicted octanol–water partition coefficient (Wildman–Crippen LogP) is -0.703. The van der Waals surface area contributed by atoms with Crippen molar-refractivity contribution in [1.82, 2.24) is 20.1 Å². The molecule has 7 heteroatoms. The number of aryl methyl sites for hydroxylation is 1. The Morgan fingerprint density at radius 1 is 1.62 bits per heavy atom. The Bertz CT molecular complexity index is 332. The Morgan fingerprint density at radius 3 is 2.77 bits per heavy atom. The van der Waals surface area contributed by atoms with E-state index in [1.54, 1.807) is 7.05 Å². The van der Waals surface area contributed by atoms with Crippen molar-refractivity contribution in [2.75, 3.05) is 5.32 Å². The number of aromatic nitrogens is 3. The Labute approximate surface area is 74.1 Å². The molecule has 13 heavy (non-hydrogen) atoms. The van der Waals surface area contributed by atoms with Gasteiger partial charge in [-0.3, -0.25) is 20.1 Å². The van der Waals surface area contributed by atoms with Crippen LogP contribution >= 0.6 is 0 Å². The van der Waals surface area contributed by atoms with E-state index in [2.05, 4.69) is 22.3 Å². The van der Waals surface area contributed by atoms with Crippen LogP contribution in [0.25, 0.3) is 0 Å². The number of nitrogens with one attached hydrogen (secondary N) is 2. The smallest absolute Gasteiger partial charge is 0.278 e. The van der Waals surface area contributed by atoms with E-state index in [9.17, 15) is 9.59 Å². The Hall–Kier alpha value is -1.92. The summed E-state index contributed by atoms with van der Waals surface area (Å²) < 4.78 is 1.42. The van der Waals surface area contributed by atoms with Gasteiger partial charge in [0.25, 0.3) is 0 Å². The third-order valence-electron chi connectivity index (χ3n) is 1.08. The molecule has 1 aromatic rings. The molecule has 1 radical (unpaired) electrons. The molecule has 69 valence electrons. The number of anilines is 1. The van der Waals surface area contributed by atoms with Crippen LogP contribution in [0, 0.1) is 6.92 Å². The number of carbonyl (C=O) groups excluding carboxylic acids is 2. The highest BCUT2D eigenvalue weighted by Crippen LogP contribution is 1.93. The summed E-state index contributed by atoms with van der Waals surface area (Å²) in [6, 6.07) is -0.703. The molecule has 0 aliphatic rings. The van der Waals surface area contributed by atoms with Gasteiger partial charge in [0.2, 0.25) is 11.9 Å². The van der Waals surface area contributed by atoms with Crippen LogP contribution in [0.4, 0.5) is 10.7 Å². The lowest BCUT2D eigenvalue weighted by Gasteiger charge is -1.98. The lowest BCUT2D eigenvalue weighted by molar-refractivity contribution is -0.115. The fraction of sp³-hybridized carbons (Fsp3) is 0.167. The van der Waals surface area contributed by atoms with Gasteiger partial charge in [0.15, 0.2) is 0 Å². The van der Waals surface area contributed by atoms with E-state index in [0.29, 0.717) is 0 Å². The third-order valence-corrected chi connectivity index (χ3v) is 1.08. The van der Waals surface area contributed by atoms with Crippen molar-refractivity contribution in [3.8, 4) is 0 Å². The van der Waals surface area contributed by atoms with Crippen molar-refractivity contribution in [2.24, 2.45) is 7.05 Å². The van der Waals surface area contributed by atoms with Crippen molar-refractivity contribution in [1.29, 1.82) is 0 Å². The molecule has 0 unspecified atom stereocenters. The number of nitrogens with zero attached hydrogens (tertiary/aromatic N) is 3. The monoisotopic (exact) mass is 182 g/mol. The lowest BCUT2D eigenvalue weighted by Crippen LogP contribution is -2.32. The zero-order valence-corrected chi connectivity index (χ0v) is 6.94. The molecule has 0 aliphatic carbocycles. The highest BCUT2D eigenvalue weighted by Gasteiger charge is 2.05. The Kier molecular flexibility index (Phi) is 2.58. The van der Waals surface area contributed by atoms with Gasteiger partial charge in [-0.2, -0.15) is 0 Å². The van der Waals surface area contributed by atoms with Gasteiger partial charge in [0.1, 0.15) is 6.33 Å². The average molecular weight is 182 g/mol. The van der Waals surface area contributed by atoms with E-state index in [0.717, 1.165) is 0 Å². The number of urea groups is 1. The number of imide groups is 1. The molecule has 0 aliphatic heterocycles. The van der Waals surface area contributed by atoms with Gasteiger partial charge >= 0.3 is 6.03 Å². The maximum absolute atomic E-state index is 10.9. The second-order valence-electron chi connectivity index (χ2n) is 2.24. The molecule has 1 aromatic heterocycles. The van der Waals surface area contributed by atoms with Gasteiger partial charge in [0, 0.05) is 14.0 Å². The third kappa shape index (κ3) is 2.89. The molecule has 0 saturated heterocycles. The van der Waals surface area contributed by atoms with Crippen LogP contribution in [-0.4, -0.2) is 26.7 Å². The molecule has 0 atom stereocenters. The summed E-state index contributed by atoms with van der Waals surface area (Å²) in [7, 11) is 1.66. The summed E-state index contributed by atoms with van der Waals surface area (Å²) in [5, 5.41) is 7.91. The lowest BCUT2D eigenvalue weighted by atomic mass is 10.7. The van der Waals surface area contributed by atoms with Crippen LogP contribution < -0.4 is 10.6 Å². The van der Waals surface area contributed by atoms with Gasteiger partial charge in [0.05, 0.1) is 0 Å². The van der Waals surface area contributed by atoms with Crippen molar-refractivity contribution < 1.29 is 9.59 Å². The normalized spacial score (nSPS) is 9.38.